The molecule has 0 aliphatic carbocycles. The van der Waals surface area contributed by atoms with Gasteiger partial charge in [0.25, 0.3) is 0 Å². The smallest absolute Gasteiger partial charge is 0.150 e. The SMILES string of the molecule is CC[N+](CI)(Cc1ccc(C=O)cc1)c1ccccc1. The van der Waals surface area contributed by atoms with E-state index in [2.05, 4.69) is 72.0 Å². The summed E-state index contributed by atoms with van der Waals surface area (Å²) in [5, 5.41) is 0. The van der Waals surface area contributed by atoms with Crippen molar-refractivity contribution in [1.29, 1.82) is 0 Å². The monoisotopic (exact) mass is 380 g/mol. The van der Waals surface area contributed by atoms with Crippen molar-refractivity contribution in [2.24, 2.45) is 0 Å². The Bertz CT molecular complexity index is 547. The highest BCUT2D eigenvalue weighted by molar-refractivity contribution is 14.1. The van der Waals surface area contributed by atoms with E-state index in [-0.39, 0.29) is 0 Å². The first-order chi connectivity index (χ1) is 9.74. The van der Waals surface area contributed by atoms with Crippen LogP contribution in [0.2, 0.25) is 0 Å². The standard InChI is InChI=1S/C17H19INO/c1-2-19(14-18,17-6-4-3-5-7-17)12-15-8-10-16(13-20)11-9-15/h3-11,13H,2,12,14H2,1H3/q+1. The number of rotatable bonds is 6. The van der Waals surface area contributed by atoms with Gasteiger partial charge in [0.1, 0.15) is 23.1 Å². The lowest BCUT2D eigenvalue weighted by Crippen LogP contribution is -2.47. The third-order valence-electron chi connectivity index (χ3n) is 3.74. The van der Waals surface area contributed by atoms with Gasteiger partial charge in [0.05, 0.1) is 6.54 Å². The minimum Gasteiger partial charge on any atom is -0.298 e. The lowest BCUT2D eigenvalue weighted by molar-refractivity contribution is 0.112. The van der Waals surface area contributed by atoms with Gasteiger partial charge < -0.3 is 0 Å². The number of hydrogen-bond acceptors (Lipinski definition) is 1. The number of carbonyl (C=O) groups excluding carboxylic acids is 1. The minimum atomic E-state index is 0.734. The largest absolute Gasteiger partial charge is 0.298 e. The number of benzene rings is 2. The highest BCUT2D eigenvalue weighted by Crippen LogP contribution is 2.27. The van der Waals surface area contributed by atoms with Gasteiger partial charge in [-0.15, -0.1) is 0 Å². The van der Waals surface area contributed by atoms with Gasteiger partial charge in [0.2, 0.25) is 0 Å². The van der Waals surface area contributed by atoms with Crippen LogP contribution in [0.4, 0.5) is 5.69 Å². The fraction of sp³-hybridized carbons (Fsp3) is 0.235. The molecule has 0 N–H and O–H groups in total. The summed E-state index contributed by atoms with van der Waals surface area (Å²) in [6.45, 7) is 4.22. The van der Waals surface area contributed by atoms with Crippen LogP contribution in [0.1, 0.15) is 22.8 Å². The van der Waals surface area contributed by atoms with Crippen molar-refractivity contribution in [2.45, 2.75) is 13.5 Å². The molecule has 0 fully saturated rings. The topological polar surface area (TPSA) is 17.1 Å². The molecule has 0 aliphatic rings. The maximum Gasteiger partial charge on any atom is 0.150 e. The van der Waals surface area contributed by atoms with E-state index in [1.165, 1.54) is 11.3 Å². The zero-order chi connectivity index (χ0) is 14.4. The third-order valence-corrected chi connectivity index (χ3v) is 5.05. The molecule has 0 bridgehead atoms. The second kappa shape index (κ2) is 6.99. The zero-order valence-corrected chi connectivity index (χ0v) is 13.8. The summed E-state index contributed by atoms with van der Waals surface area (Å²) in [6, 6.07) is 18.5. The van der Waals surface area contributed by atoms with Crippen molar-refractivity contribution in [2.75, 3.05) is 11.1 Å². The summed E-state index contributed by atoms with van der Waals surface area (Å²) in [5.41, 5.74) is 3.33. The van der Waals surface area contributed by atoms with Crippen LogP contribution in [0.25, 0.3) is 0 Å². The molecule has 0 saturated carbocycles. The van der Waals surface area contributed by atoms with E-state index in [0.717, 1.165) is 34.0 Å². The van der Waals surface area contributed by atoms with Crippen molar-refractivity contribution in [3.05, 3.63) is 65.7 Å². The second-order valence-electron chi connectivity index (χ2n) is 4.93. The Labute approximate surface area is 134 Å². The molecule has 104 valence electrons. The van der Waals surface area contributed by atoms with Crippen molar-refractivity contribution in [3.63, 3.8) is 0 Å². The van der Waals surface area contributed by atoms with E-state index in [0.29, 0.717) is 0 Å². The van der Waals surface area contributed by atoms with Gasteiger partial charge in [-0.05, 0) is 41.6 Å². The van der Waals surface area contributed by atoms with Crippen LogP contribution in [0.5, 0.6) is 0 Å². The molecular formula is C17H19INO+. The molecule has 0 amide bonds. The Hall–Kier alpha value is -1.20. The first-order valence-corrected chi connectivity index (χ1v) is 8.28. The van der Waals surface area contributed by atoms with Crippen molar-refractivity contribution in [3.8, 4) is 0 Å². The van der Waals surface area contributed by atoms with Crippen LogP contribution in [0.3, 0.4) is 0 Å². The number of carbonyl (C=O) groups is 1. The Kier molecular flexibility index (Phi) is 5.31. The molecule has 2 nitrogen and oxygen atoms in total. The molecule has 0 heterocycles. The van der Waals surface area contributed by atoms with Crippen molar-refractivity contribution in [1.82, 2.24) is 4.48 Å². The van der Waals surface area contributed by atoms with Crippen molar-refractivity contribution < 1.29 is 4.79 Å². The summed E-state index contributed by atoms with van der Waals surface area (Å²) >= 11 is 2.46. The number of para-hydroxylation sites is 1. The zero-order valence-electron chi connectivity index (χ0n) is 11.6. The van der Waals surface area contributed by atoms with Crippen LogP contribution < -0.4 is 4.48 Å². The van der Waals surface area contributed by atoms with Gasteiger partial charge in [-0.25, -0.2) is 0 Å². The molecule has 2 aromatic carbocycles. The van der Waals surface area contributed by atoms with E-state index in [4.69, 9.17) is 0 Å². The van der Waals surface area contributed by atoms with Gasteiger partial charge in [-0.1, -0.05) is 42.5 Å². The number of quaternary nitrogens is 1. The third kappa shape index (κ3) is 3.27. The van der Waals surface area contributed by atoms with Gasteiger partial charge >= 0.3 is 0 Å². The van der Waals surface area contributed by atoms with E-state index in [1.54, 1.807) is 0 Å². The number of nitrogens with zero attached hydrogens (tertiary/aromatic N) is 1. The van der Waals surface area contributed by atoms with Gasteiger partial charge in [0.15, 0.2) is 0 Å². The molecule has 2 rings (SSSR count). The van der Waals surface area contributed by atoms with Gasteiger partial charge in [0, 0.05) is 11.1 Å². The molecular weight excluding hydrogens is 361 g/mol. The molecule has 20 heavy (non-hydrogen) atoms. The van der Waals surface area contributed by atoms with Crippen LogP contribution in [-0.2, 0) is 6.54 Å². The fourth-order valence-electron chi connectivity index (χ4n) is 2.38. The Morgan fingerprint density at radius 2 is 1.70 bits per heavy atom. The summed E-state index contributed by atoms with van der Waals surface area (Å²) in [4.78, 5) is 10.7. The maximum atomic E-state index is 10.7. The molecule has 2 aromatic rings. The van der Waals surface area contributed by atoms with Gasteiger partial charge in [-0.3, -0.25) is 9.28 Å². The van der Waals surface area contributed by atoms with E-state index in [1.807, 2.05) is 12.1 Å². The molecule has 0 aromatic heterocycles. The van der Waals surface area contributed by atoms with E-state index >= 15 is 0 Å². The highest BCUT2D eigenvalue weighted by Gasteiger charge is 2.27. The molecule has 0 saturated heterocycles. The van der Waals surface area contributed by atoms with Gasteiger partial charge in [-0.2, -0.15) is 0 Å². The number of aldehydes is 1. The van der Waals surface area contributed by atoms with Crippen LogP contribution in [-0.4, -0.2) is 17.4 Å². The average Bonchev–Trinajstić information content (AvgIpc) is 2.54. The Balaban J connectivity index is 2.31. The minimum absolute atomic E-state index is 0.734. The van der Waals surface area contributed by atoms with E-state index in [9.17, 15) is 4.79 Å². The first kappa shape index (κ1) is 15.2. The lowest BCUT2D eigenvalue weighted by atomic mass is 10.1. The molecule has 0 aliphatic heterocycles. The lowest BCUT2D eigenvalue weighted by Gasteiger charge is -2.35. The predicted octanol–water partition coefficient (Wildman–Crippen LogP) is 4.42. The average molecular weight is 380 g/mol. The summed E-state index contributed by atoms with van der Waals surface area (Å²) in [7, 11) is 0. The summed E-state index contributed by atoms with van der Waals surface area (Å²) in [6.07, 6.45) is 0.890. The maximum absolute atomic E-state index is 10.7. The molecule has 0 radical (unpaired) electrons. The molecule has 1 unspecified atom stereocenters. The van der Waals surface area contributed by atoms with Crippen LogP contribution in [0.15, 0.2) is 54.6 Å². The van der Waals surface area contributed by atoms with Crippen LogP contribution >= 0.6 is 22.6 Å². The highest BCUT2D eigenvalue weighted by atomic mass is 127. The van der Waals surface area contributed by atoms with E-state index < -0.39 is 0 Å². The predicted molar refractivity (Wildman–Crippen MR) is 93.2 cm³/mol. The quantitative estimate of drug-likeness (QED) is 0.238. The second-order valence-corrected chi connectivity index (χ2v) is 5.62. The van der Waals surface area contributed by atoms with Crippen molar-refractivity contribution >= 4 is 34.6 Å². The Morgan fingerprint density at radius 1 is 1.05 bits per heavy atom. The molecule has 0 spiro atoms. The fourth-order valence-corrected chi connectivity index (χ4v) is 3.49. The number of alkyl halides is 1. The first-order valence-electron chi connectivity index (χ1n) is 6.76. The number of hydrogen-bond donors (Lipinski definition) is 0. The summed E-state index contributed by atoms with van der Waals surface area (Å²) in [5.74, 6) is 0. The normalized spacial score (nSPS) is 13.7. The summed E-state index contributed by atoms with van der Waals surface area (Å²) < 4.78 is 1.94. The molecule has 1 atom stereocenters. The number of halogens is 1. The van der Waals surface area contributed by atoms with Crippen LogP contribution in [0, 0.1) is 0 Å². The molecule has 3 heteroatoms. The Morgan fingerprint density at radius 3 is 2.20 bits per heavy atom.